The average Bonchev–Trinajstić information content (AvgIpc) is 3.01. The van der Waals surface area contributed by atoms with Gasteiger partial charge in [-0.3, -0.25) is 0 Å². The second-order valence-corrected chi connectivity index (χ2v) is 7.99. The Morgan fingerprint density at radius 1 is 1.47 bits per heavy atom. The summed E-state index contributed by atoms with van der Waals surface area (Å²) in [7, 11) is 2.10. The lowest BCUT2D eigenvalue weighted by atomic mass is 9.83. The first kappa shape index (κ1) is 12.2. The fourth-order valence-corrected chi connectivity index (χ4v) is 5.12. The molecule has 94 valence electrons. The molecule has 1 nitrogen and oxygen atoms in total. The molecule has 0 aromatic carbocycles. The van der Waals surface area contributed by atoms with E-state index in [1.165, 1.54) is 41.5 Å². The van der Waals surface area contributed by atoms with Gasteiger partial charge in [0.15, 0.2) is 0 Å². The van der Waals surface area contributed by atoms with Crippen LogP contribution in [0.15, 0.2) is 15.2 Å². The Bertz CT molecular complexity index is 389. The van der Waals surface area contributed by atoms with Crippen LogP contribution in [0.2, 0.25) is 0 Å². The first-order valence-electron chi connectivity index (χ1n) is 6.67. The lowest BCUT2D eigenvalue weighted by Gasteiger charge is -2.26. The zero-order valence-corrected chi connectivity index (χ0v) is 12.7. The Kier molecular flexibility index (Phi) is 3.60. The number of halogens is 1. The lowest BCUT2D eigenvalue weighted by Crippen LogP contribution is -2.22. The maximum atomic E-state index is 3.57. The van der Waals surface area contributed by atoms with Gasteiger partial charge in [-0.1, -0.05) is 6.42 Å². The summed E-state index contributed by atoms with van der Waals surface area (Å²) < 4.78 is 1.25. The molecule has 17 heavy (non-hydrogen) atoms. The normalized spacial score (nSPS) is 33.2. The van der Waals surface area contributed by atoms with Gasteiger partial charge >= 0.3 is 0 Å². The maximum Gasteiger partial charge on any atom is 0.0701 e. The number of hydrogen-bond donors (Lipinski definition) is 1. The summed E-state index contributed by atoms with van der Waals surface area (Å²) in [5, 5.41) is 5.79. The highest BCUT2D eigenvalue weighted by Crippen LogP contribution is 2.51. The van der Waals surface area contributed by atoms with Gasteiger partial charge in [-0.15, -0.1) is 11.3 Å². The van der Waals surface area contributed by atoms with Gasteiger partial charge in [0.25, 0.3) is 0 Å². The van der Waals surface area contributed by atoms with Crippen molar-refractivity contribution in [3.05, 3.63) is 20.8 Å². The molecule has 0 spiro atoms. The summed E-state index contributed by atoms with van der Waals surface area (Å²) in [5.74, 6) is 3.08. The van der Waals surface area contributed by atoms with E-state index in [4.69, 9.17) is 0 Å². The van der Waals surface area contributed by atoms with Crippen LogP contribution in [-0.4, -0.2) is 7.05 Å². The molecule has 1 heterocycles. The van der Waals surface area contributed by atoms with E-state index >= 15 is 0 Å². The molecule has 1 aromatic rings. The van der Waals surface area contributed by atoms with Crippen LogP contribution in [0.25, 0.3) is 0 Å². The second kappa shape index (κ2) is 5.02. The zero-order valence-electron chi connectivity index (χ0n) is 10.3. The smallest absolute Gasteiger partial charge is 0.0701 e. The van der Waals surface area contributed by atoms with Gasteiger partial charge < -0.3 is 5.32 Å². The van der Waals surface area contributed by atoms with Crippen molar-refractivity contribution in [2.45, 2.75) is 38.1 Å². The molecule has 3 rings (SSSR count). The average molecular weight is 314 g/mol. The van der Waals surface area contributed by atoms with Crippen LogP contribution in [0.3, 0.4) is 0 Å². The third-order valence-electron chi connectivity index (χ3n) is 4.76. The van der Waals surface area contributed by atoms with E-state index < -0.39 is 0 Å². The molecule has 4 atom stereocenters. The van der Waals surface area contributed by atoms with Crippen LogP contribution >= 0.6 is 27.3 Å². The largest absolute Gasteiger partial charge is 0.313 e. The third-order valence-corrected chi connectivity index (χ3v) is 6.28. The van der Waals surface area contributed by atoms with Crippen molar-refractivity contribution in [3.8, 4) is 0 Å². The van der Waals surface area contributed by atoms with Gasteiger partial charge in [-0.25, -0.2) is 0 Å². The number of nitrogens with one attached hydrogen (secondary N) is 1. The quantitative estimate of drug-likeness (QED) is 0.856. The molecule has 2 saturated carbocycles. The second-order valence-electron chi connectivity index (χ2n) is 5.70. The SMILES string of the molecule is CNC(CC1CC2CCC1C2)c1csc(Br)c1. The van der Waals surface area contributed by atoms with E-state index in [2.05, 4.69) is 39.7 Å². The fraction of sp³-hybridized carbons (Fsp3) is 0.714. The molecule has 1 aromatic heterocycles. The van der Waals surface area contributed by atoms with Crippen molar-refractivity contribution in [2.75, 3.05) is 7.05 Å². The van der Waals surface area contributed by atoms with Gasteiger partial charge in [-0.2, -0.15) is 0 Å². The summed E-state index contributed by atoms with van der Waals surface area (Å²) in [5.41, 5.74) is 1.46. The van der Waals surface area contributed by atoms with Crippen molar-refractivity contribution < 1.29 is 0 Å². The maximum absolute atomic E-state index is 3.57. The minimum atomic E-state index is 0.557. The predicted octanol–water partition coefficient (Wildman–Crippen LogP) is 4.60. The van der Waals surface area contributed by atoms with Crippen molar-refractivity contribution in [2.24, 2.45) is 17.8 Å². The molecule has 3 heteroatoms. The van der Waals surface area contributed by atoms with Crippen molar-refractivity contribution >= 4 is 27.3 Å². The molecule has 4 unspecified atom stereocenters. The Morgan fingerprint density at radius 3 is 2.88 bits per heavy atom. The summed E-state index contributed by atoms with van der Waals surface area (Å²) >= 11 is 5.36. The van der Waals surface area contributed by atoms with Crippen molar-refractivity contribution in [1.82, 2.24) is 5.32 Å². The van der Waals surface area contributed by atoms with Crippen LogP contribution in [-0.2, 0) is 0 Å². The molecule has 2 bridgehead atoms. The van der Waals surface area contributed by atoms with Crippen LogP contribution in [0.1, 0.15) is 43.7 Å². The van der Waals surface area contributed by atoms with Gasteiger partial charge in [0.2, 0.25) is 0 Å². The summed E-state index contributed by atoms with van der Waals surface area (Å²) in [6, 6.07) is 2.83. The lowest BCUT2D eigenvalue weighted by molar-refractivity contribution is 0.284. The number of thiophene rings is 1. The molecule has 1 N–H and O–H groups in total. The van der Waals surface area contributed by atoms with Gasteiger partial charge in [-0.05, 0) is 83.4 Å². The highest BCUT2D eigenvalue weighted by atomic mass is 79.9. The molecule has 0 amide bonds. The topological polar surface area (TPSA) is 12.0 Å². The van der Waals surface area contributed by atoms with Crippen LogP contribution in [0.5, 0.6) is 0 Å². The van der Waals surface area contributed by atoms with Crippen molar-refractivity contribution in [3.63, 3.8) is 0 Å². The van der Waals surface area contributed by atoms with Crippen molar-refractivity contribution in [1.29, 1.82) is 0 Å². The summed E-state index contributed by atoms with van der Waals surface area (Å²) in [4.78, 5) is 0. The van der Waals surface area contributed by atoms with E-state index in [-0.39, 0.29) is 0 Å². The predicted molar refractivity (Wildman–Crippen MR) is 77.4 cm³/mol. The number of hydrogen-bond acceptors (Lipinski definition) is 2. The Balaban J connectivity index is 1.66. The Hall–Kier alpha value is 0.140. The van der Waals surface area contributed by atoms with Crippen LogP contribution < -0.4 is 5.32 Å². The minimum absolute atomic E-state index is 0.557. The molecule has 0 saturated heterocycles. The number of fused-ring (bicyclic) bond motifs is 2. The Labute approximate surface area is 116 Å². The monoisotopic (exact) mass is 313 g/mol. The first-order valence-corrected chi connectivity index (χ1v) is 8.34. The van der Waals surface area contributed by atoms with Crippen LogP contribution in [0.4, 0.5) is 0 Å². The fourth-order valence-electron chi connectivity index (χ4n) is 3.89. The summed E-state index contributed by atoms with van der Waals surface area (Å²) in [6.45, 7) is 0. The van der Waals surface area contributed by atoms with E-state index in [1.807, 2.05) is 0 Å². The van der Waals surface area contributed by atoms with E-state index in [0.717, 1.165) is 17.8 Å². The molecule has 2 aliphatic rings. The molecule has 2 aliphatic carbocycles. The molecule has 0 radical (unpaired) electrons. The van der Waals surface area contributed by atoms with E-state index in [9.17, 15) is 0 Å². The van der Waals surface area contributed by atoms with E-state index in [1.54, 1.807) is 11.3 Å². The molecule has 0 aliphatic heterocycles. The molecule has 2 fully saturated rings. The van der Waals surface area contributed by atoms with E-state index in [0.29, 0.717) is 6.04 Å². The highest BCUT2D eigenvalue weighted by Gasteiger charge is 2.40. The third kappa shape index (κ3) is 2.47. The molecular formula is C14H20BrNS. The zero-order chi connectivity index (χ0) is 11.8. The molecular weight excluding hydrogens is 294 g/mol. The van der Waals surface area contributed by atoms with Gasteiger partial charge in [0.1, 0.15) is 0 Å². The summed E-state index contributed by atoms with van der Waals surface area (Å²) in [6.07, 6.45) is 7.36. The van der Waals surface area contributed by atoms with Gasteiger partial charge in [0, 0.05) is 6.04 Å². The Morgan fingerprint density at radius 2 is 2.35 bits per heavy atom. The van der Waals surface area contributed by atoms with Gasteiger partial charge in [0.05, 0.1) is 3.79 Å². The first-order chi connectivity index (χ1) is 8.26. The number of rotatable bonds is 4. The standard InChI is InChI=1S/C14H20BrNS/c1-16-13(12-7-14(15)17-8-12)6-11-5-9-2-3-10(11)4-9/h7-11,13,16H,2-6H2,1H3. The van der Waals surface area contributed by atoms with Crippen LogP contribution in [0, 0.1) is 17.8 Å². The minimum Gasteiger partial charge on any atom is -0.313 e. The highest BCUT2D eigenvalue weighted by molar-refractivity contribution is 9.11.